The van der Waals surface area contributed by atoms with Gasteiger partial charge >= 0.3 is 0 Å². The third kappa shape index (κ3) is 2.78. The van der Waals surface area contributed by atoms with Gasteiger partial charge in [-0.3, -0.25) is 4.90 Å². The number of rotatable bonds is 4. The maximum Gasteiger partial charge on any atom is 0.139 e. The molecule has 0 N–H and O–H groups in total. The molecule has 1 saturated heterocycles. The van der Waals surface area contributed by atoms with Crippen molar-refractivity contribution in [2.24, 2.45) is 0 Å². The minimum Gasteiger partial charge on any atom is -0.361 e. The van der Waals surface area contributed by atoms with Crippen molar-refractivity contribution in [1.29, 1.82) is 0 Å². The summed E-state index contributed by atoms with van der Waals surface area (Å²) in [5.41, 5.74) is 2.47. The first-order valence-corrected chi connectivity index (χ1v) is 7.48. The molecule has 2 aromatic rings. The highest BCUT2D eigenvalue weighted by atomic mass is 16.5. The van der Waals surface area contributed by atoms with Crippen LogP contribution in [0.1, 0.15) is 55.7 Å². The lowest BCUT2D eigenvalue weighted by Gasteiger charge is -2.22. The molecule has 0 unspecified atom stereocenters. The standard InChI is InChI=1S/C17H22N2O/c1-13(2)17-11-15(18-20-17)16-9-6-10-19(16)12-14-7-4-3-5-8-14/h3-5,7-8,11,13,16H,6,9-10,12H2,1-2H3/t16-/m0/s1. The van der Waals surface area contributed by atoms with E-state index >= 15 is 0 Å². The predicted molar refractivity (Wildman–Crippen MR) is 79.4 cm³/mol. The zero-order valence-electron chi connectivity index (χ0n) is 12.2. The van der Waals surface area contributed by atoms with Gasteiger partial charge in [0.15, 0.2) is 0 Å². The van der Waals surface area contributed by atoms with Gasteiger partial charge in [-0.15, -0.1) is 0 Å². The van der Waals surface area contributed by atoms with Crippen molar-refractivity contribution >= 4 is 0 Å². The molecular formula is C17H22N2O. The topological polar surface area (TPSA) is 29.3 Å². The highest BCUT2D eigenvalue weighted by molar-refractivity contribution is 5.17. The van der Waals surface area contributed by atoms with Crippen molar-refractivity contribution in [3.05, 3.63) is 53.4 Å². The monoisotopic (exact) mass is 270 g/mol. The molecule has 3 nitrogen and oxygen atoms in total. The van der Waals surface area contributed by atoms with E-state index in [9.17, 15) is 0 Å². The Hall–Kier alpha value is -1.61. The molecule has 0 radical (unpaired) electrons. The van der Waals surface area contributed by atoms with Gasteiger partial charge < -0.3 is 4.52 Å². The number of benzene rings is 1. The Balaban J connectivity index is 1.74. The molecule has 1 atom stereocenters. The molecule has 3 rings (SSSR count). The van der Waals surface area contributed by atoms with E-state index in [0.717, 1.165) is 24.5 Å². The second kappa shape index (κ2) is 5.80. The normalized spacial score (nSPS) is 19.9. The summed E-state index contributed by atoms with van der Waals surface area (Å²) >= 11 is 0. The Morgan fingerprint density at radius 3 is 2.80 bits per heavy atom. The summed E-state index contributed by atoms with van der Waals surface area (Å²) in [5.74, 6) is 1.40. The SMILES string of the molecule is CC(C)c1cc([C@@H]2CCCN2Cc2ccccc2)no1. The van der Waals surface area contributed by atoms with Crippen molar-refractivity contribution in [2.75, 3.05) is 6.54 Å². The Bertz CT molecular complexity index is 547. The zero-order valence-corrected chi connectivity index (χ0v) is 12.2. The van der Waals surface area contributed by atoms with E-state index in [2.05, 4.69) is 60.3 Å². The molecule has 1 aliphatic rings. The molecule has 0 saturated carbocycles. The number of aromatic nitrogens is 1. The van der Waals surface area contributed by atoms with Gasteiger partial charge in [0.2, 0.25) is 0 Å². The Morgan fingerprint density at radius 2 is 2.10 bits per heavy atom. The number of hydrogen-bond acceptors (Lipinski definition) is 3. The van der Waals surface area contributed by atoms with Crippen LogP contribution in [0.2, 0.25) is 0 Å². The lowest BCUT2D eigenvalue weighted by Crippen LogP contribution is -2.22. The Morgan fingerprint density at radius 1 is 1.30 bits per heavy atom. The van der Waals surface area contributed by atoms with E-state index in [-0.39, 0.29) is 0 Å². The van der Waals surface area contributed by atoms with Crippen LogP contribution in [0, 0.1) is 0 Å². The van der Waals surface area contributed by atoms with Crippen molar-refractivity contribution < 1.29 is 4.52 Å². The van der Waals surface area contributed by atoms with Crippen LogP contribution in [0.3, 0.4) is 0 Å². The molecule has 0 amide bonds. The molecule has 2 heterocycles. The van der Waals surface area contributed by atoms with Crippen LogP contribution < -0.4 is 0 Å². The van der Waals surface area contributed by atoms with Crippen molar-refractivity contribution in [1.82, 2.24) is 10.1 Å². The van der Waals surface area contributed by atoms with Crippen molar-refractivity contribution in [3.63, 3.8) is 0 Å². The van der Waals surface area contributed by atoms with E-state index in [1.165, 1.54) is 18.4 Å². The first kappa shape index (κ1) is 13.4. The van der Waals surface area contributed by atoms with E-state index in [4.69, 9.17) is 4.52 Å². The fraction of sp³-hybridized carbons (Fsp3) is 0.471. The molecule has 1 aliphatic heterocycles. The Labute approximate surface area is 120 Å². The Kier molecular flexibility index (Phi) is 3.88. The minimum absolute atomic E-state index is 0.403. The van der Waals surface area contributed by atoms with E-state index in [1.807, 2.05) is 0 Å². The molecule has 3 heteroatoms. The van der Waals surface area contributed by atoms with Gasteiger partial charge in [-0.05, 0) is 24.9 Å². The van der Waals surface area contributed by atoms with Crippen LogP contribution in [0.15, 0.2) is 40.9 Å². The summed E-state index contributed by atoms with van der Waals surface area (Å²) in [5, 5.41) is 4.29. The number of hydrogen-bond donors (Lipinski definition) is 0. The first-order chi connectivity index (χ1) is 9.74. The maximum absolute atomic E-state index is 5.46. The predicted octanol–water partition coefficient (Wildman–Crippen LogP) is 4.14. The number of nitrogens with zero attached hydrogens (tertiary/aromatic N) is 2. The van der Waals surface area contributed by atoms with Crippen LogP contribution in [0.25, 0.3) is 0 Å². The van der Waals surface area contributed by atoms with E-state index < -0.39 is 0 Å². The van der Waals surface area contributed by atoms with Gasteiger partial charge in [0, 0.05) is 18.5 Å². The van der Waals surface area contributed by atoms with E-state index in [0.29, 0.717) is 12.0 Å². The third-order valence-corrected chi connectivity index (χ3v) is 4.05. The van der Waals surface area contributed by atoms with Gasteiger partial charge in [0.05, 0.1) is 6.04 Å². The van der Waals surface area contributed by atoms with Gasteiger partial charge in [-0.25, -0.2) is 0 Å². The lowest BCUT2D eigenvalue weighted by molar-refractivity contribution is 0.236. The summed E-state index contributed by atoms with van der Waals surface area (Å²) in [6, 6.07) is 13.2. The molecule has 1 fully saturated rings. The molecule has 20 heavy (non-hydrogen) atoms. The van der Waals surface area contributed by atoms with Crippen LogP contribution in [0.4, 0.5) is 0 Å². The lowest BCUT2D eigenvalue weighted by atomic mass is 10.1. The summed E-state index contributed by atoms with van der Waals surface area (Å²) in [6.45, 7) is 6.42. The summed E-state index contributed by atoms with van der Waals surface area (Å²) in [4.78, 5) is 2.51. The molecule has 1 aromatic heterocycles. The fourth-order valence-electron chi connectivity index (χ4n) is 2.90. The highest BCUT2D eigenvalue weighted by Gasteiger charge is 2.28. The van der Waals surface area contributed by atoms with Crippen LogP contribution >= 0.6 is 0 Å². The third-order valence-electron chi connectivity index (χ3n) is 4.05. The second-order valence-electron chi connectivity index (χ2n) is 5.92. The number of likely N-dealkylation sites (tertiary alicyclic amines) is 1. The summed E-state index contributed by atoms with van der Waals surface area (Å²) in [7, 11) is 0. The van der Waals surface area contributed by atoms with Crippen molar-refractivity contribution in [3.8, 4) is 0 Å². The van der Waals surface area contributed by atoms with Gasteiger partial charge in [-0.2, -0.15) is 0 Å². The summed E-state index contributed by atoms with van der Waals surface area (Å²) < 4.78 is 5.46. The quantitative estimate of drug-likeness (QED) is 0.836. The van der Waals surface area contributed by atoms with Gasteiger partial charge in [-0.1, -0.05) is 49.3 Å². The average molecular weight is 270 g/mol. The molecule has 0 aliphatic carbocycles. The van der Waals surface area contributed by atoms with Crippen LogP contribution in [-0.4, -0.2) is 16.6 Å². The van der Waals surface area contributed by atoms with Gasteiger partial charge in [0.25, 0.3) is 0 Å². The largest absolute Gasteiger partial charge is 0.361 e. The molecule has 0 spiro atoms. The first-order valence-electron chi connectivity index (χ1n) is 7.48. The second-order valence-corrected chi connectivity index (χ2v) is 5.92. The van der Waals surface area contributed by atoms with E-state index in [1.54, 1.807) is 0 Å². The average Bonchev–Trinajstić information content (AvgIpc) is 3.08. The molecule has 1 aromatic carbocycles. The minimum atomic E-state index is 0.403. The molecule has 0 bridgehead atoms. The van der Waals surface area contributed by atoms with Crippen LogP contribution in [-0.2, 0) is 6.54 Å². The zero-order chi connectivity index (χ0) is 13.9. The summed E-state index contributed by atoms with van der Waals surface area (Å²) in [6.07, 6.45) is 2.41. The van der Waals surface area contributed by atoms with Gasteiger partial charge in [0.1, 0.15) is 11.5 Å². The van der Waals surface area contributed by atoms with Crippen molar-refractivity contribution in [2.45, 2.75) is 45.2 Å². The molecule has 106 valence electrons. The maximum atomic E-state index is 5.46. The fourth-order valence-corrected chi connectivity index (χ4v) is 2.90. The van der Waals surface area contributed by atoms with Crippen LogP contribution in [0.5, 0.6) is 0 Å². The highest BCUT2D eigenvalue weighted by Crippen LogP contribution is 2.33. The smallest absolute Gasteiger partial charge is 0.139 e. The molecular weight excluding hydrogens is 248 g/mol.